The van der Waals surface area contributed by atoms with Gasteiger partial charge in [0.05, 0.1) is 17.6 Å². The third-order valence-corrected chi connectivity index (χ3v) is 4.27. The minimum absolute atomic E-state index is 0.161. The van der Waals surface area contributed by atoms with Crippen molar-refractivity contribution in [3.63, 3.8) is 0 Å². The zero-order valence-electron chi connectivity index (χ0n) is 12.5. The van der Waals surface area contributed by atoms with E-state index < -0.39 is 23.7 Å². The Kier molecular flexibility index (Phi) is 4.22. The lowest BCUT2D eigenvalue weighted by Crippen LogP contribution is -2.46. The number of fused-ring (bicyclic) bond motifs is 2. The third kappa shape index (κ3) is 2.75. The molecule has 4 atom stereocenters. The highest BCUT2D eigenvalue weighted by Crippen LogP contribution is 2.39. The fraction of sp³-hybridized carbons (Fsp3) is 0.857. The Bertz CT molecular complexity index is 395. The molecule has 1 amide bonds. The van der Waals surface area contributed by atoms with Crippen LogP contribution in [0.5, 0.6) is 0 Å². The molecule has 20 heavy (non-hydrogen) atoms. The molecule has 0 saturated carbocycles. The minimum atomic E-state index is -0.542. The normalized spacial score (nSPS) is 32.0. The molecule has 2 rings (SSSR count). The van der Waals surface area contributed by atoms with Crippen molar-refractivity contribution >= 4 is 12.1 Å². The number of rotatable bonds is 4. The lowest BCUT2D eigenvalue weighted by molar-refractivity contribution is -0.167. The number of hydrogen-bond donors (Lipinski definition) is 1. The van der Waals surface area contributed by atoms with Gasteiger partial charge in [-0.1, -0.05) is 6.92 Å². The number of alkyl carbamates (subject to hydrolysis) is 1. The molecule has 6 nitrogen and oxygen atoms in total. The highest BCUT2D eigenvalue weighted by atomic mass is 16.6. The van der Waals surface area contributed by atoms with Gasteiger partial charge in [0.1, 0.15) is 0 Å². The number of carbonyl (C=O) groups is 2. The first-order chi connectivity index (χ1) is 9.39. The van der Waals surface area contributed by atoms with Crippen molar-refractivity contribution in [2.75, 3.05) is 7.05 Å². The van der Waals surface area contributed by atoms with Gasteiger partial charge in [0.15, 0.2) is 12.2 Å². The van der Waals surface area contributed by atoms with Crippen LogP contribution < -0.4 is 5.32 Å². The van der Waals surface area contributed by atoms with Gasteiger partial charge in [-0.05, 0) is 33.1 Å². The van der Waals surface area contributed by atoms with Crippen molar-refractivity contribution in [2.45, 2.75) is 64.4 Å². The predicted octanol–water partition coefficient (Wildman–Crippen LogP) is 1.62. The van der Waals surface area contributed by atoms with Crippen LogP contribution in [0.4, 0.5) is 4.79 Å². The van der Waals surface area contributed by atoms with Gasteiger partial charge >= 0.3 is 12.1 Å². The first kappa shape index (κ1) is 15.1. The van der Waals surface area contributed by atoms with Crippen LogP contribution in [0.25, 0.3) is 0 Å². The second-order valence-electron chi connectivity index (χ2n) is 6.02. The molecule has 2 aliphatic heterocycles. The molecule has 1 N–H and O–H groups in total. The molecule has 2 aliphatic rings. The summed E-state index contributed by atoms with van der Waals surface area (Å²) >= 11 is 0. The van der Waals surface area contributed by atoms with Crippen LogP contribution in [-0.2, 0) is 19.0 Å². The smallest absolute Gasteiger partial charge is 0.407 e. The van der Waals surface area contributed by atoms with Crippen LogP contribution >= 0.6 is 0 Å². The third-order valence-electron chi connectivity index (χ3n) is 4.27. The molecule has 2 bridgehead atoms. The van der Waals surface area contributed by atoms with Gasteiger partial charge in [-0.25, -0.2) is 4.79 Å². The van der Waals surface area contributed by atoms with Gasteiger partial charge in [0, 0.05) is 7.05 Å². The standard InChI is InChI=1S/C14H23NO5/c1-5-14(2,3)12(16)19-10-8-6-7-9(18-8)11(10)20-13(17)15-4/h8-11H,5-7H2,1-4H3,(H,15,17). The van der Waals surface area contributed by atoms with Crippen LogP contribution in [0, 0.1) is 5.41 Å². The Morgan fingerprint density at radius 2 is 1.75 bits per heavy atom. The van der Waals surface area contributed by atoms with E-state index in [1.807, 2.05) is 20.8 Å². The summed E-state index contributed by atoms with van der Waals surface area (Å²) in [5, 5.41) is 2.41. The van der Waals surface area contributed by atoms with Crippen molar-refractivity contribution in [3.8, 4) is 0 Å². The lowest BCUT2D eigenvalue weighted by Gasteiger charge is -2.30. The van der Waals surface area contributed by atoms with Gasteiger partial charge in [-0.15, -0.1) is 0 Å². The van der Waals surface area contributed by atoms with E-state index in [9.17, 15) is 9.59 Å². The van der Waals surface area contributed by atoms with Crippen LogP contribution in [-0.4, -0.2) is 43.5 Å². The Balaban J connectivity index is 2.04. The fourth-order valence-electron chi connectivity index (χ4n) is 2.49. The van der Waals surface area contributed by atoms with Crippen LogP contribution in [0.1, 0.15) is 40.0 Å². The molecule has 0 aromatic rings. The molecule has 0 spiro atoms. The minimum Gasteiger partial charge on any atom is -0.455 e. The monoisotopic (exact) mass is 285 g/mol. The number of hydrogen-bond acceptors (Lipinski definition) is 5. The van der Waals surface area contributed by atoms with Gasteiger partial charge in [0.25, 0.3) is 0 Å². The second-order valence-corrected chi connectivity index (χ2v) is 6.02. The molecule has 2 heterocycles. The van der Waals surface area contributed by atoms with Crippen LogP contribution in [0.3, 0.4) is 0 Å². The summed E-state index contributed by atoms with van der Waals surface area (Å²) < 4.78 is 16.6. The van der Waals surface area contributed by atoms with E-state index >= 15 is 0 Å². The van der Waals surface area contributed by atoms with E-state index in [2.05, 4.69) is 5.32 Å². The summed E-state index contributed by atoms with van der Waals surface area (Å²) in [5.41, 5.74) is -0.542. The zero-order valence-corrected chi connectivity index (χ0v) is 12.5. The average Bonchev–Trinajstić information content (AvgIpc) is 3.01. The summed E-state index contributed by atoms with van der Waals surface area (Å²) in [7, 11) is 1.50. The predicted molar refractivity (Wildman–Crippen MR) is 71.2 cm³/mol. The molecule has 114 valence electrons. The molecule has 2 saturated heterocycles. The summed E-state index contributed by atoms with van der Waals surface area (Å²) in [6.07, 6.45) is 0.497. The van der Waals surface area contributed by atoms with E-state index in [0.29, 0.717) is 6.42 Å². The second kappa shape index (κ2) is 5.60. The van der Waals surface area contributed by atoms with E-state index in [4.69, 9.17) is 14.2 Å². The summed E-state index contributed by atoms with van der Waals surface area (Å²) in [6.45, 7) is 5.63. The lowest BCUT2D eigenvalue weighted by atomic mass is 9.89. The van der Waals surface area contributed by atoms with Crippen molar-refractivity contribution in [2.24, 2.45) is 5.41 Å². The summed E-state index contributed by atoms with van der Waals surface area (Å²) in [5.74, 6) is -0.272. The van der Waals surface area contributed by atoms with E-state index in [-0.39, 0.29) is 18.2 Å². The molecular weight excluding hydrogens is 262 g/mol. The Labute approximate surface area is 119 Å². The fourth-order valence-corrected chi connectivity index (χ4v) is 2.49. The van der Waals surface area contributed by atoms with Crippen molar-refractivity contribution in [1.82, 2.24) is 5.32 Å². The van der Waals surface area contributed by atoms with Gasteiger partial charge < -0.3 is 19.5 Å². The van der Waals surface area contributed by atoms with E-state index in [0.717, 1.165) is 12.8 Å². The highest BCUT2D eigenvalue weighted by molar-refractivity contribution is 5.76. The highest BCUT2D eigenvalue weighted by Gasteiger charge is 2.54. The van der Waals surface area contributed by atoms with E-state index in [1.165, 1.54) is 7.05 Å². The topological polar surface area (TPSA) is 73.9 Å². The Morgan fingerprint density at radius 3 is 2.25 bits per heavy atom. The van der Waals surface area contributed by atoms with E-state index in [1.54, 1.807) is 0 Å². The summed E-state index contributed by atoms with van der Waals surface area (Å²) in [6, 6.07) is 0. The SMILES string of the molecule is CCC(C)(C)C(=O)OC1C2CCC(O2)C1OC(=O)NC. The van der Waals surface area contributed by atoms with Gasteiger partial charge in [-0.3, -0.25) is 4.79 Å². The molecule has 2 fully saturated rings. The van der Waals surface area contributed by atoms with Crippen LogP contribution in [0.15, 0.2) is 0 Å². The van der Waals surface area contributed by atoms with Gasteiger partial charge in [-0.2, -0.15) is 0 Å². The maximum Gasteiger partial charge on any atom is 0.407 e. The number of ether oxygens (including phenoxy) is 3. The molecule has 4 unspecified atom stereocenters. The Hall–Kier alpha value is -1.30. The summed E-state index contributed by atoms with van der Waals surface area (Å²) in [4.78, 5) is 23.6. The Morgan fingerprint density at radius 1 is 1.20 bits per heavy atom. The quantitative estimate of drug-likeness (QED) is 0.795. The largest absolute Gasteiger partial charge is 0.455 e. The molecule has 6 heteroatoms. The molecule has 0 aliphatic carbocycles. The van der Waals surface area contributed by atoms with Crippen LogP contribution in [0.2, 0.25) is 0 Å². The molecule has 0 radical (unpaired) electrons. The molecular formula is C14H23NO5. The average molecular weight is 285 g/mol. The zero-order chi connectivity index (χ0) is 14.9. The number of amides is 1. The van der Waals surface area contributed by atoms with Crippen molar-refractivity contribution in [3.05, 3.63) is 0 Å². The van der Waals surface area contributed by atoms with Crippen molar-refractivity contribution in [1.29, 1.82) is 0 Å². The number of carbonyl (C=O) groups excluding carboxylic acids is 2. The first-order valence-corrected chi connectivity index (χ1v) is 7.14. The van der Waals surface area contributed by atoms with Gasteiger partial charge in [0.2, 0.25) is 0 Å². The molecule has 0 aromatic heterocycles. The number of esters is 1. The molecule has 0 aromatic carbocycles. The maximum absolute atomic E-state index is 12.2. The maximum atomic E-state index is 12.2. The van der Waals surface area contributed by atoms with Crippen molar-refractivity contribution < 1.29 is 23.8 Å². The first-order valence-electron chi connectivity index (χ1n) is 7.14. The number of nitrogens with one attached hydrogen (secondary N) is 1.